The second-order valence-corrected chi connectivity index (χ2v) is 4.45. The second kappa shape index (κ2) is 5.43. The average molecular weight is 295 g/mol. The number of carbonyl (C=O) groups excluding carboxylic acids is 1. The molecule has 0 aliphatic heterocycles. The highest BCUT2D eigenvalue weighted by Gasteiger charge is 2.33. The lowest BCUT2D eigenvalue weighted by Crippen LogP contribution is -2.17. The van der Waals surface area contributed by atoms with Crippen molar-refractivity contribution in [3.63, 3.8) is 0 Å². The van der Waals surface area contributed by atoms with Crippen molar-refractivity contribution < 1.29 is 18.0 Å². The standard InChI is InChI=1S/C14H12F3N3O/c1-8-2-4-9(5-3-8)19-13-10(12(18)21)6-7-11(20-13)14(15,16)17/h2-7H,1H3,(H2,18,21)(H,19,20). The fraction of sp³-hybridized carbons (Fsp3) is 0.143. The van der Waals surface area contributed by atoms with Gasteiger partial charge in [0.15, 0.2) is 0 Å². The zero-order chi connectivity index (χ0) is 15.6. The third-order valence-corrected chi connectivity index (χ3v) is 2.77. The number of rotatable bonds is 3. The molecule has 21 heavy (non-hydrogen) atoms. The van der Waals surface area contributed by atoms with Crippen molar-refractivity contribution in [1.29, 1.82) is 0 Å². The van der Waals surface area contributed by atoms with Crippen LogP contribution >= 0.6 is 0 Å². The molecule has 4 nitrogen and oxygen atoms in total. The molecule has 0 spiro atoms. The lowest BCUT2D eigenvalue weighted by atomic mass is 10.2. The van der Waals surface area contributed by atoms with Gasteiger partial charge in [0, 0.05) is 5.69 Å². The average Bonchev–Trinajstić information content (AvgIpc) is 2.40. The summed E-state index contributed by atoms with van der Waals surface area (Å²) in [5, 5.41) is 2.68. The number of aromatic nitrogens is 1. The molecule has 2 rings (SSSR count). The Morgan fingerprint density at radius 2 is 1.76 bits per heavy atom. The summed E-state index contributed by atoms with van der Waals surface area (Å²) >= 11 is 0. The van der Waals surface area contributed by atoms with Gasteiger partial charge >= 0.3 is 6.18 Å². The number of nitrogens with two attached hydrogens (primary N) is 1. The van der Waals surface area contributed by atoms with Gasteiger partial charge in [-0.2, -0.15) is 13.2 Å². The molecule has 1 aromatic heterocycles. The Morgan fingerprint density at radius 1 is 1.14 bits per heavy atom. The Morgan fingerprint density at radius 3 is 2.29 bits per heavy atom. The van der Waals surface area contributed by atoms with Gasteiger partial charge in [0.1, 0.15) is 11.5 Å². The summed E-state index contributed by atoms with van der Waals surface area (Å²) in [5.74, 6) is -1.08. The van der Waals surface area contributed by atoms with Crippen LogP contribution < -0.4 is 11.1 Å². The van der Waals surface area contributed by atoms with Crippen molar-refractivity contribution in [3.05, 3.63) is 53.2 Å². The van der Waals surface area contributed by atoms with Gasteiger partial charge in [0.05, 0.1) is 5.56 Å². The van der Waals surface area contributed by atoms with Crippen molar-refractivity contribution in [1.82, 2.24) is 4.98 Å². The third kappa shape index (κ3) is 3.50. The number of hydrogen-bond donors (Lipinski definition) is 2. The van der Waals surface area contributed by atoms with Gasteiger partial charge in [-0.15, -0.1) is 0 Å². The smallest absolute Gasteiger partial charge is 0.365 e. The lowest BCUT2D eigenvalue weighted by molar-refractivity contribution is -0.141. The van der Waals surface area contributed by atoms with Crippen molar-refractivity contribution >= 4 is 17.4 Å². The normalized spacial score (nSPS) is 11.2. The molecule has 0 atom stereocenters. The number of anilines is 2. The summed E-state index contributed by atoms with van der Waals surface area (Å²) in [6.07, 6.45) is -4.60. The van der Waals surface area contributed by atoms with Crippen LogP contribution in [-0.4, -0.2) is 10.9 Å². The van der Waals surface area contributed by atoms with Crippen molar-refractivity contribution in [2.75, 3.05) is 5.32 Å². The van der Waals surface area contributed by atoms with E-state index in [1.54, 1.807) is 24.3 Å². The minimum atomic E-state index is -4.60. The first-order chi connectivity index (χ1) is 9.77. The second-order valence-electron chi connectivity index (χ2n) is 4.45. The summed E-state index contributed by atoms with van der Waals surface area (Å²) in [6.45, 7) is 1.88. The number of alkyl halides is 3. The minimum Gasteiger partial charge on any atom is -0.365 e. The summed E-state index contributed by atoms with van der Waals surface area (Å²) in [4.78, 5) is 14.7. The molecular formula is C14H12F3N3O. The fourth-order valence-electron chi connectivity index (χ4n) is 1.68. The van der Waals surface area contributed by atoms with Crippen LogP contribution in [0.5, 0.6) is 0 Å². The Kier molecular flexibility index (Phi) is 3.84. The largest absolute Gasteiger partial charge is 0.433 e. The van der Waals surface area contributed by atoms with Crippen LogP contribution in [0.2, 0.25) is 0 Å². The van der Waals surface area contributed by atoms with E-state index in [9.17, 15) is 18.0 Å². The maximum absolute atomic E-state index is 12.7. The zero-order valence-electron chi connectivity index (χ0n) is 11.0. The molecular weight excluding hydrogens is 283 g/mol. The van der Waals surface area contributed by atoms with E-state index in [1.807, 2.05) is 6.92 Å². The number of hydrogen-bond acceptors (Lipinski definition) is 3. The van der Waals surface area contributed by atoms with Crippen LogP contribution in [0.25, 0.3) is 0 Å². The Hall–Kier alpha value is -2.57. The molecule has 0 unspecified atom stereocenters. The van der Waals surface area contributed by atoms with Crippen molar-refractivity contribution in [2.24, 2.45) is 5.73 Å². The molecule has 0 aliphatic rings. The molecule has 7 heteroatoms. The number of nitrogens with one attached hydrogen (secondary N) is 1. The number of halogens is 3. The van der Waals surface area contributed by atoms with Crippen LogP contribution in [0.15, 0.2) is 36.4 Å². The van der Waals surface area contributed by atoms with Crippen LogP contribution in [0.3, 0.4) is 0 Å². The maximum atomic E-state index is 12.7. The van der Waals surface area contributed by atoms with Gasteiger partial charge in [0.25, 0.3) is 5.91 Å². The van der Waals surface area contributed by atoms with Gasteiger partial charge in [-0.3, -0.25) is 4.79 Å². The quantitative estimate of drug-likeness (QED) is 0.913. The highest BCUT2D eigenvalue weighted by atomic mass is 19.4. The van der Waals surface area contributed by atoms with E-state index in [-0.39, 0.29) is 11.4 Å². The predicted molar refractivity (Wildman–Crippen MR) is 72.2 cm³/mol. The molecule has 0 fully saturated rings. The molecule has 3 N–H and O–H groups in total. The number of benzene rings is 1. The molecule has 1 amide bonds. The summed E-state index contributed by atoms with van der Waals surface area (Å²) in [5.41, 5.74) is 5.45. The Bertz CT molecular complexity index is 666. The van der Waals surface area contributed by atoms with Crippen LogP contribution in [-0.2, 0) is 6.18 Å². The number of nitrogens with zero attached hydrogens (tertiary/aromatic N) is 1. The topological polar surface area (TPSA) is 68.0 Å². The first-order valence-corrected chi connectivity index (χ1v) is 5.99. The van der Waals surface area contributed by atoms with Crippen LogP contribution in [0.1, 0.15) is 21.6 Å². The summed E-state index contributed by atoms with van der Waals surface area (Å²) < 4.78 is 38.1. The highest BCUT2D eigenvalue weighted by molar-refractivity contribution is 5.98. The number of primary amides is 1. The SMILES string of the molecule is Cc1ccc(Nc2nc(C(F)(F)F)ccc2C(N)=O)cc1. The highest BCUT2D eigenvalue weighted by Crippen LogP contribution is 2.30. The Labute approximate surface area is 118 Å². The first kappa shape index (κ1) is 14.8. The van der Waals surface area contributed by atoms with E-state index in [2.05, 4.69) is 10.3 Å². The molecule has 0 bridgehead atoms. The molecule has 1 heterocycles. The molecule has 2 aromatic rings. The van der Waals surface area contributed by atoms with Crippen molar-refractivity contribution in [2.45, 2.75) is 13.1 Å². The number of amides is 1. The monoisotopic (exact) mass is 295 g/mol. The number of pyridine rings is 1. The van der Waals surface area contributed by atoms with Crippen LogP contribution in [0.4, 0.5) is 24.7 Å². The molecule has 110 valence electrons. The fourth-order valence-corrected chi connectivity index (χ4v) is 1.68. The van der Waals surface area contributed by atoms with E-state index in [1.165, 1.54) is 0 Å². The van der Waals surface area contributed by atoms with E-state index in [0.717, 1.165) is 17.7 Å². The molecule has 0 radical (unpaired) electrons. The molecule has 0 saturated carbocycles. The first-order valence-electron chi connectivity index (χ1n) is 5.99. The van der Waals surface area contributed by atoms with Gasteiger partial charge in [0.2, 0.25) is 0 Å². The van der Waals surface area contributed by atoms with Gasteiger partial charge < -0.3 is 11.1 Å². The Balaban J connectivity index is 2.43. The van der Waals surface area contributed by atoms with Gasteiger partial charge in [-0.25, -0.2) is 4.98 Å². The summed E-state index contributed by atoms with van der Waals surface area (Å²) in [6, 6.07) is 8.62. The van der Waals surface area contributed by atoms with Gasteiger partial charge in [-0.05, 0) is 31.2 Å². The molecule has 0 saturated heterocycles. The third-order valence-electron chi connectivity index (χ3n) is 2.77. The minimum absolute atomic E-state index is 0.108. The number of aryl methyl sites for hydroxylation is 1. The molecule has 1 aromatic carbocycles. The predicted octanol–water partition coefficient (Wildman–Crippen LogP) is 3.25. The summed E-state index contributed by atoms with van der Waals surface area (Å²) in [7, 11) is 0. The maximum Gasteiger partial charge on any atom is 0.433 e. The van der Waals surface area contributed by atoms with E-state index >= 15 is 0 Å². The molecule has 0 aliphatic carbocycles. The van der Waals surface area contributed by atoms with E-state index in [0.29, 0.717) is 5.69 Å². The van der Waals surface area contributed by atoms with Gasteiger partial charge in [-0.1, -0.05) is 17.7 Å². The number of carbonyl (C=O) groups is 1. The zero-order valence-corrected chi connectivity index (χ0v) is 11.0. The van der Waals surface area contributed by atoms with Crippen LogP contribution in [0, 0.1) is 6.92 Å². The van der Waals surface area contributed by atoms with E-state index in [4.69, 9.17) is 5.73 Å². The van der Waals surface area contributed by atoms with Crippen molar-refractivity contribution in [3.8, 4) is 0 Å². The van der Waals surface area contributed by atoms with E-state index < -0.39 is 17.8 Å². The lowest BCUT2D eigenvalue weighted by Gasteiger charge is -2.12.